The van der Waals surface area contributed by atoms with Crippen molar-refractivity contribution in [2.45, 2.75) is 13.0 Å². The quantitative estimate of drug-likeness (QED) is 0.607. The summed E-state index contributed by atoms with van der Waals surface area (Å²) in [6.45, 7) is 2.82. The fourth-order valence-corrected chi connectivity index (χ4v) is 4.39. The molecule has 2 aliphatic heterocycles. The van der Waals surface area contributed by atoms with Crippen molar-refractivity contribution in [1.82, 2.24) is 4.98 Å². The molecule has 1 amide bonds. The molecule has 3 aromatic rings. The van der Waals surface area contributed by atoms with Crippen LogP contribution in [-0.4, -0.2) is 30.8 Å². The zero-order valence-corrected chi connectivity index (χ0v) is 16.3. The Balaban J connectivity index is 1.51. The molecule has 3 heterocycles. The number of aromatic nitrogens is 1. The lowest BCUT2D eigenvalue weighted by molar-refractivity contribution is 0.181. The van der Waals surface area contributed by atoms with Crippen LogP contribution in [-0.2, 0) is 17.7 Å². The van der Waals surface area contributed by atoms with Crippen LogP contribution >= 0.6 is 15.9 Å². The van der Waals surface area contributed by atoms with E-state index in [1.807, 2.05) is 24.4 Å². The predicted molar refractivity (Wildman–Crippen MR) is 109 cm³/mol. The van der Waals surface area contributed by atoms with Crippen molar-refractivity contribution in [2.75, 3.05) is 29.5 Å². The van der Waals surface area contributed by atoms with Gasteiger partial charge in [-0.1, -0.05) is 28.1 Å². The number of anilines is 2. The molecule has 0 saturated carbocycles. The summed E-state index contributed by atoms with van der Waals surface area (Å²) < 4.78 is 6.16. The third kappa shape index (κ3) is 2.84. The van der Waals surface area contributed by atoms with Gasteiger partial charge in [-0.2, -0.15) is 0 Å². The molecule has 0 radical (unpaired) electrons. The highest BCUT2D eigenvalue weighted by atomic mass is 79.9. The summed E-state index contributed by atoms with van der Waals surface area (Å²) in [5, 5.41) is 1.16. The molecule has 1 aromatic heterocycles. The van der Waals surface area contributed by atoms with Crippen LogP contribution in [0.1, 0.15) is 11.1 Å². The standard InChI is InChI=1S/C21H18BrN3O2/c22-15-4-5-17-18(12-15)23-8-6-19(17)24-9-7-16-14(13-24)2-1-3-20(16)25-10-11-27-21(25)26/h1-6,8,12H,7,9-11,13H2. The zero-order chi connectivity index (χ0) is 18.4. The molecule has 1 fully saturated rings. The van der Waals surface area contributed by atoms with Gasteiger partial charge in [0.15, 0.2) is 0 Å². The van der Waals surface area contributed by atoms with Gasteiger partial charge < -0.3 is 9.64 Å². The summed E-state index contributed by atoms with van der Waals surface area (Å²) in [7, 11) is 0. The molecule has 0 aliphatic carbocycles. The SMILES string of the molecule is O=C1OCCN1c1cccc2c1CCN(c1ccnc3cc(Br)ccc13)C2. The van der Waals surface area contributed by atoms with E-state index in [1.165, 1.54) is 16.8 Å². The number of rotatable bonds is 2. The first-order chi connectivity index (χ1) is 13.2. The average Bonchev–Trinajstić information content (AvgIpc) is 3.12. The van der Waals surface area contributed by atoms with E-state index in [2.05, 4.69) is 50.1 Å². The number of hydrogen-bond donors (Lipinski definition) is 0. The van der Waals surface area contributed by atoms with Crippen LogP contribution in [0.4, 0.5) is 16.2 Å². The number of cyclic esters (lactones) is 1. The topological polar surface area (TPSA) is 45.7 Å². The van der Waals surface area contributed by atoms with Gasteiger partial charge in [-0.15, -0.1) is 0 Å². The summed E-state index contributed by atoms with van der Waals surface area (Å²) in [4.78, 5) is 20.7. The van der Waals surface area contributed by atoms with Gasteiger partial charge in [-0.3, -0.25) is 9.88 Å². The fourth-order valence-electron chi connectivity index (χ4n) is 4.04. The number of nitrogens with zero attached hydrogens (tertiary/aromatic N) is 3. The number of carbonyl (C=O) groups is 1. The number of benzene rings is 2. The maximum atomic E-state index is 12.0. The molecule has 136 valence electrons. The van der Waals surface area contributed by atoms with Gasteiger partial charge in [-0.25, -0.2) is 4.79 Å². The van der Waals surface area contributed by atoms with Crippen LogP contribution in [0.25, 0.3) is 10.9 Å². The van der Waals surface area contributed by atoms with Crippen LogP contribution in [0.15, 0.2) is 53.1 Å². The third-order valence-electron chi connectivity index (χ3n) is 5.32. The summed E-state index contributed by atoms with van der Waals surface area (Å²) in [6.07, 6.45) is 2.53. The Kier molecular flexibility index (Phi) is 4.01. The number of hydrogen-bond acceptors (Lipinski definition) is 4. The number of fused-ring (bicyclic) bond motifs is 2. The van der Waals surface area contributed by atoms with E-state index in [4.69, 9.17) is 4.74 Å². The van der Waals surface area contributed by atoms with Crippen LogP contribution in [0, 0.1) is 0 Å². The van der Waals surface area contributed by atoms with Gasteiger partial charge in [0.25, 0.3) is 0 Å². The Morgan fingerprint density at radius 1 is 1.07 bits per heavy atom. The van der Waals surface area contributed by atoms with Crippen molar-refractivity contribution in [1.29, 1.82) is 0 Å². The molecule has 5 nitrogen and oxygen atoms in total. The van der Waals surface area contributed by atoms with Crippen molar-refractivity contribution >= 4 is 44.3 Å². The van der Waals surface area contributed by atoms with Gasteiger partial charge in [0.2, 0.25) is 0 Å². The molecule has 1 saturated heterocycles. The fraction of sp³-hybridized carbons (Fsp3) is 0.238. The second-order valence-electron chi connectivity index (χ2n) is 6.84. The second-order valence-corrected chi connectivity index (χ2v) is 7.76. The van der Waals surface area contributed by atoms with Crippen LogP contribution in [0.5, 0.6) is 0 Å². The lowest BCUT2D eigenvalue weighted by Crippen LogP contribution is -2.33. The lowest BCUT2D eigenvalue weighted by Gasteiger charge is -2.33. The second kappa shape index (κ2) is 6.53. The molecule has 27 heavy (non-hydrogen) atoms. The normalized spacial score (nSPS) is 16.6. The molecular formula is C21H18BrN3O2. The van der Waals surface area contributed by atoms with Gasteiger partial charge >= 0.3 is 6.09 Å². The molecule has 0 N–H and O–H groups in total. The minimum atomic E-state index is -0.239. The molecule has 5 rings (SSSR count). The first kappa shape index (κ1) is 16.6. The average molecular weight is 424 g/mol. The highest BCUT2D eigenvalue weighted by Crippen LogP contribution is 2.35. The van der Waals surface area contributed by atoms with Crippen molar-refractivity contribution in [3.63, 3.8) is 0 Å². The minimum absolute atomic E-state index is 0.239. The number of pyridine rings is 1. The first-order valence-corrected chi connectivity index (χ1v) is 9.84. The maximum Gasteiger partial charge on any atom is 0.414 e. The van der Waals surface area contributed by atoms with Crippen molar-refractivity contribution < 1.29 is 9.53 Å². The smallest absolute Gasteiger partial charge is 0.414 e. The first-order valence-electron chi connectivity index (χ1n) is 9.05. The minimum Gasteiger partial charge on any atom is -0.447 e. The van der Waals surface area contributed by atoms with E-state index in [0.717, 1.165) is 40.6 Å². The molecule has 0 spiro atoms. The molecular weight excluding hydrogens is 406 g/mol. The van der Waals surface area contributed by atoms with E-state index in [1.54, 1.807) is 4.90 Å². The highest BCUT2D eigenvalue weighted by Gasteiger charge is 2.28. The van der Waals surface area contributed by atoms with Crippen LogP contribution in [0.2, 0.25) is 0 Å². The van der Waals surface area contributed by atoms with Gasteiger partial charge in [0.1, 0.15) is 6.61 Å². The summed E-state index contributed by atoms with van der Waals surface area (Å²) in [5.74, 6) is 0. The number of carbonyl (C=O) groups excluding carboxylic acids is 1. The molecule has 6 heteroatoms. The van der Waals surface area contributed by atoms with E-state index in [-0.39, 0.29) is 6.09 Å². The molecule has 2 aliphatic rings. The third-order valence-corrected chi connectivity index (χ3v) is 5.81. The molecule has 0 bridgehead atoms. The van der Waals surface area contributed by atoms with E-state index in [0.29, 0.717) is 13.2 Å². The predicted octanol–water partition coefficient (Wildman–Crippen LogP) is 4.52. The summed E-state index contributed by atoms with van der Waals surface area (Å²) in [6, 6.07) is 14.5. The highest BCUT2D eigenvalue weighted by molar-refractivity contribution is 9.10. The largest absolute Gasteiger partial charge is 0.447 e. The van der Waals surface area contributed by atoms with Crippen LogP contribution < -0.4 is 9.80 Å². The lowest BCUT2D eigenvalue weighted by atomic mass is 9.96. The van der Waals surface area contributed by atoms with Gasteiger partial charge in [0.05, 0.1) is 17.7 Å². The van der Waals surface area contributed by atoms with E-state index >= 15 is 0 Å². The zero-order valence-electron chi connectivity index (χ0n) is 14.7. The Morgan fingerprint density at radius 2 is 2.00 bits per heavy atom. The van der Waals surface area contributed by atoms with E-state index < -0.39 is 0 Å². The van der Waals surface area contributed by atoms with Gasteiger partial charge in [-0.05, 0) is 47.9 Å². The van der Waals surface area contributed by atoms with Crippen LogP contribution in [0.3, 0.4) is 0 Å². The summed E-state index contributed by atoms with van der Waals surface area (Å²) in [5.41, 5.74) is 5.71. The number of halogens is 1. The Bertz CT molecular complexity index is 1050. The Morgan fingerprint density at radius 3 is 2.85 bits per heavy atom. The summed E-state index contributed by atoms with van der Waals surface area (Å²) >= 11 is 3.52. The monoisotopic (exact) mass is 423 g/mol. The maximum absolute atomic E-state index is 12.0. The Hall–Kier alpha value is -2.60. The Labute approximate surface area is 165 Å². The molecule has 0 atom stereocenters. The van der Waals surface area contributed by atoms with E-state index in [9.17, 15) is 4.79 Å². The number of ether oxygens (including phenoxy) is 1. The van der Waals surface area contributed by atoms with Crippen molar-refractivity contribution in [3.8, 4) is 0 Å². The molecule has 2 aromatic carbocycles. The van der Waals surface area contributed by atoms with Crippen molar-refractivity contribution in [2.24, 2.45) is 0 Å². The van der Waals surface area contributed by atoms with Gasteiger partial charge in [0, 0.05) is 34.8 Å². The van der Waals surface area contributed by atoms with Crippen molar-refractivity contribution in [3.05, 3.63) is 64.3 Å². The molecule has 0 unspecified atom stereocenters. The number of amides is 1.